The van der Waals surface area contributed by atoms with Crippen molar-refractivity contribution >= 4 is 6.21 Å². The highest BCUT2D eigenvalue weighted by Crippen LogP contribution is 2.40. The van der Waals surface area contributed by atoms with Gasteiger partial charge in [-0.15, -0.1) is 6.58 Å². The van der Waals surface area contributed by atoms with Crippen LogP contribution in [0, 0.1) is 5.41 Å². The second kappa shape index (κ2) is 9.79. The van der Waals surface area contributed by atoms with Gasteiger partial charge in [-0.25, -0.2) is 0 Å². The summed E-state index contributed by atoms with van der Waals surface area (Å²) in [6, 6.07) is 30.7. The van der Waals surface area contributed by atoms with Gasteiger partial charge in [-0.3, -0.25) is 0 Å². The minimum absolute atomic E-state index is 0.231. The van der Waals surface area contributed by atoms with Crippen LogP contribution in [-0.4, -0.2) is 25.5 Å². The van der Waals surface area contributed by atoms with Crippen molar-refractivity contribution in [2.75, 3.05) is 13.2 Å². The van der Waals surface area contributed by atoms with Gasteiger partial charge in [-0.2, -0.15) is 0 Å². The molecule has 0 spiro atoms. The van der Waals surface area contributed by atoms with Gasteiger partial charge in [0.1, 0.15) is 5.60 Å². The van der Waals surface area contributed by atoms with Crippen LogP contribution in [0.1, 0.15) is 16.7 Å². The first kappa shape index (κ1) is 19.7. The van der Waals surface area contributed by atoms with Crippen molar-refractivity contribution in [3.05, 3.63) is 120 Å². The Kier molecular flexibility index (Phi) is 6.90. The number of nitrogens with one attached hydrogen (secondary N) is 1. The standard InChI is InChI=1S/C25H25NO2/c1-2-24(27-19-18-26)20-28-25(21-12-6-3-7-13-21,22-14-8-4-9-15-22)23-16-10-5-11-17-23/h2-18,24,26H,1,19-20H2. The van der Waals surface area contributed by atoms with E-state index in [1.54, 1.807) is 6.08 Å². The average Bonchev–Trinajstić information content (AvgIpc) is 2.78. The zero-order valence-corrected chi connectivity index (χ0v) is 15.8. The molecule has 28 heavy (non-hydrogen) atoms. The summed E-state index contributed by atoms with van der Waals surface area (Å²) >= 11 is 0. The molecular weight excluding hydrogens is 346 g/mol. The van der Waals surface area contributed by atoms with Crippen LogP contribution in [-0.2, 0) is 15.1 Å². The molecule has 1 unspecified atom stereocenters. The summed E-state index contributed by atoms with van der Waals surface area (Å²) in [6.07, 6.45) is 2.64. The van der Waals surface area contributed by atoms with Crippen LogP contribution in [0.15, 0.2) is 104 Å². The molecule has 1 atom stereocenters. The summed E-state index contributed by atoms with van der Waals surface area (Å²) in [5.74, 6) is 0. The first-order valence-corrected chi connectivity index (χ1v) is 9.35. The van der Waals surface area contributed by atoms with Gasteiger partial charge in [0, 0.05) is 6.21 Å². The predicted molar refractivity (Wildman–Crippen MR) is 114 cm³/mol. The molecule has 0 fully saturated rings. The Labute approximate surface area is 166 Å². The molecule has 0 aliphatic heterocycles. The van der Waals surface area contributed by atoms with Gasteiger partial charge in [-0.05, 0) is 16.7 Å². The van der Waals surface area contributed by atoms with Crippen molar-refractivity contribution in [3.8, 4) is 0 Å². The molecule has 3 rings (SSSR count). The predicted octanol–water partition coefficient (Wildman–Crippen LogP) is 5.22. The maximum atomic E-state index is 7.20. The fourth-order valence-electron chi connectivity index (χ4n) is 3.33. The molecule has 3 nitrogen and oxygen atoms in total. The number of hydrogen-bond acceptors (Lipinski definition) is 3. The Bertz CT molecular complexity index is 766. The van der Waals surface area contributed by atoms with Crippen molar-refractivity contribution in [2.45, 2.75) is 11.7 Å². The number of rotatable bonds is 10. The fraction of sp³-hybridized carbons (Fsp3) is 0.160. The summed E-state index contributed by atoms with van der Waals surface area (Å²) in [7, 11) is 0. The molecule has 0 aliphatic carbocycles. The maximum Gasteiger partial charge on any atom is 0.143 e. The van der Waals surface area contributed by atoms with Gasteiger partial charge < -0.3 is 14.9 Å². The summed E-state index contributed by atoms with van der Waals surface area (Å²) in [5.41, 5.74) is 2.35. The van der Waals surface area contributed by atoms with Gasteiger partial charge in [-0.1, -0.05) is 97.1 Å². The third kappa shape index (κ3) is 4.28. The van der Waals surface area contributed by atoms with Gasteiger partial charge in [0.25, 0.3) is 0 Å². The highest BCUT2D eigenvalue weighted by Gasteiger charge is 2.37. The van der Waals surface area contributed by atoms with E-state index in [1.165, 1.54) is 6.21 Å². The van der Waals surface area contributed by atoms with Crippen molar-refractivity contribution in [1.82, 2.24) is 0 Å². The molecule has 0 saturated carbocycles. The number of ether oxygens (including phenoxy) is 2. The lowest BCUT2D eigenvalue weighted by Gasteiger charge is -2.36. The zero-order chi connectivity index (χ0) is 19.7. The van der Waals surface area contributed by atoms with Crippen molar-refractivity contribution in [2.24, 2.45) is 0 Å². The van der Waals surface area contributed by atoms with Crippen molar-refractivity contribution in [3.63, 3.8) is 0 Å². The Morgan fingerprint density at radius 3 is 1.57 bits per heavy atom. The lowest BCUT2D eigenvalue weighted by Crippen LogP contribution is -2.36. The second-order valence-corrected chi connectivity index (χ2v) is 6.40. The molecule has 0 radical (unpaired) electrons. The van der Waals surface area contributed by atoms with Crippen LogP contribution in [0.5, 0.6) is 0 Å². The van der Waals surface area contributed by atoms with Crippen LogP contribution in [0.2, 0.25) is 0 Å². The van der Waals surface area contributed by atoms with E-state index in [9.17, 15) is 0 Å². The topological polar surface area (TPSA) is 42.3 Å². The summed E-state index contributed by atoms with van der Waals surface area (Å²) < 4.78 is 12.3. The molecule has 142 valence electrons. The molecule has 0 amide bonds. The van der Waals surface area contributed by atoms with E-state index in [4.69, 9.17) is 14.9 Å². The van der Waals surface area contributed by atoms with Crippen molar-refractivity contribution in [1.29, 1.82) is 5.41 Å². The zero-order valence-electron chi connectivity index (χ0n) is 15.8. The van der Waals surface area contributed by atoms with Crippen LogP contribution in [0.4, 0.5) is 0 Å². The second-order valence-electron chi connectivity index (χ2n) is 6.40. The van der Waals surface area contributed by atoms with Crippen LogP contribution >= 0.6 is 0 Å². The monoisotopic (exact) mass is 371 g/mol. The summed E-state index contributed by atoms with van der Waals surface area (Å²) in [5, 5.41) is 7.20. The van der Waals surface area contributed by atoms with Gasteiger partial charge in [0.05, 0.1) is 19.3 Å². The van der Waals surface area contributed by atoms with E-state index >= 15 is 0 Å². The fourth-order valence-corrected chi connectivity index (χ4v) is 3.33. The lowest BCUT2D eigenvalue weighted by molar-refractivity contribution is -0.0408. The smallest absolute Gasteiger partial charge is 0.143 e. The van der Waals surface area contributed by atoms with Gasteiger partial charge >= 0.3 is 0 Å². The van der Waals surface area contributed by atoms with Crippen LogP contribution in [0.25, 0.3) is 0 Å². The molecule has 0 aromatic heterocycles. The minimum atomic E-state index is -0.779. The van der Waals surface area contributed by atoms with E-state index in [0.29, 0.717) is 6.61 Å². The number of hydrogen-bond donors (Lipinski definition) is 1. The average molecular weight is 371 g/mol. The van der Waals surface area contributed by atoms with Gasteiger partial charge in [0.2, 0.25) is 0 Å². The molecule has 3 aromatic carbocycles. The first-order valence-electron chi connectivity index (χ1n) is 9.35. The first-order chi connectivity index (χ1) is 13.8. The lowest BCUT2D eigenvalue weighted by atomic mass is 9.80. The van der Waals surface area contributed by atoms with E-state index < -0.39 is 5.60 Å². The van der Waals surface area contributed by atoms with E-state index in [-0.39, 0.29) is 12.7 Å². The number of benzene rings is 3. The van der Waals surface area contributed by atoms with E-state index in [1.807, 2.05) is 54.6 Å². The van der Waals surface area contributed by atoms with Gasteiger partial charge in [0.15, 0.2) is 0 Å². The largest absolute Gasteiger partial charge is 0.366 e. The van der Waals surface area contributed by atoms with E-state index in [2.05, 4.69) is 43.0 Å². The van der Waals surface area contributed by atoms with Crippen LogP contribution in [0.3, 0.4) is 0 Å². The molecule has 3 heteroatoms. The van der Waals surface area contributed by atoms with Crippen molar-refractivity contribution < 1.29 is 9.47 Å². The highest BCUT2D eigenvalue weighted by atomic mass is 16.5. The van der Waals surface area contributed by atoms with E-state index in [0.717, 1.165) is 16.7 Å². The molecule has 3 aromatic rings. The Morgan fingerprint density at radius 2 is 1.21 bits per heavy atom. The third-order valence-corrected chi connectivity index (χ3v) is 4.66. The summed E-state index contributed by atoms with van der Waals surface area (Å²) in [6.45, 7) is 4.40. The SMILES string of the molecule is C=CC(COC(c1ccccc1)(c1ccccc1)c1ccccc1)OCC=N. The third-order valence-electron chi connectivity index (χ3n) is 4.66. The summed E-state index contributed by atoms with van der Waals surface area (Å²) in [4.78, 5) is 0. The molecule has 1 N–H and O–H groups in total. The highest BCUT2D eigenvalue weighted by molar-refractivity contribution is 5.54. The Morgan fingerprint density at radius 1 is 0.786 bits per heavy atom. The van der Waals surface area contributed by atoms with Crippen LogP contribution < -0.4 is 0 Å². The molecule has 0 saturated heterocycles. The maximum absolute atomic E-state index is 7.20. The normalized spacial score (nSPS) is 12.3. The Hall–Kier alpha value is -3.01. The molecule has 0 bridgehead atoms. The Balaban J connectivity index is 2.11. The minimum Gasteiger partial charge on any atom is -0.366 e. The quantitative estimate of drug-likeness (QED) is 0.302. The molecule has 0 heterocycles. The molecular formula is C25H25NO2. The molecule has 0 aliphatic rings.